The number of nitrogens with zero attached hydrogens (tertiary/aromatic N) is 2. The number of aromatic nitrogens is 1. The molecule has 1 aromatic heterocycles. The number of pyridine rings is 1. The van der Waals surface area contributed by atoms with Crippen LogP contribution in [0.2, 0.25) is 0 Å². The molecule has 5 nitrogen and oxygen atoms in total. The van der Waals surface area contributed by atoms with Gasteiger partial charge in [0.25, 0.3) is 0 Å². The Balaban J connectivity index is 1.47. The zero-order valence-corrected chi connectivity index (χ0v) is 23.1. The van der Waals surface area contributed by atoms with Gasteiger partial charge in [-0.3, -0.25) is 14.7 Å². The van der Waals surface area contributed by atoms with Gasteiger partial charge in [-0.25, -0.2) is 0 Å². The van der Waals surface area contributed by atoms with E-state index in [2.05, 4.69) is 60.7 Å². The molecule has 0 spiro atoms. The Morgan fingerprint density at radius 2 is 1.95 bits per heavy atom. The number of hydrogen-bond donors (Lipinski definition) is 0. The zero-order chi connectivity index (χ0) is 26.8. The predicted molar refractivity (Wildman–Crippen MR) is 152 cm³/mol. The molecule has 2 aromatic carbocycles. The molecule has 38 heavy (non-hydrogen) atoms. The molecule has 1 unspecified atom stereocenters. The average Bonchev–Trinajstić information content (AvgIpc) is 2.95. The highest BCUT2D eigenvalue weighted by Crippen LogP contribution is 2.44. The molecule has 200 valence electrons. The molecule has 0 saturated carbocycles. The van der Waals surface area contributed by atoms with Crippen LogP contribution in [0.25, 0.3) is 10.9 Å². The van der Waals surface area contributed by atoms with Crippen LogP contribution in [0.1, 0.15) is 62.3 Å². The minimum atomic E-state index is -0.392. The van der Waals surface area contributed by atoms with Crippen LogP contribution in [0.15, 0.2) is 67.4 Å². The second-order valence-corrected chi connectivity index (χ2v) is 11.4. The summed E-state index contributed by atoms with van der Waals surface area (Å²) in [6, 6.07) is 16.5. The SMILES string of the molecule is C=C[C@H]1CN2CC[C@H]1C[C@H]2[C@H](OC(=O)[C@H](C)c1ccc(CC(C)C)cc1)c1ccnc2ccc(OC)cc12. The van der Waals surface area contributed by atoms with Crippen LogP contribution in [-0.4, -0.2) is 42.1 Å². The van der Waals surface area contributed by atoms with Crippen molar-refractivity contribution in [2.75, 3.05) is 20.2 Å². The zero-order valence-electron chi connectivity index (χ0n) is 23.1. The van der Waals surface area contributed by atoms with Gasteiger partial charge in [0, 0.05) is 23.7 Å². The molecule has 4 heterocycles. The van der Waals surface area contributed by atoms with Crippen molar-refractivity contribution in [3.63, 3.8) is 0 Å². The lowest BCUT2D eigenvalue weighted by Gasteiger charge is -2.51. The third-order valence-electron chi connectivity index (χ3n) is 8.51. The Morgan fingerprint density at radius 1 is 1.16 bits per heavy atom. The monoisotopic (exact) mass is 512 g/mol. The second-order valence-electron chi connectivity index (χ2n) is 11.4. The first-order valence-electron chi connectivity index (χ1n) is 14.0. The van der Waals surface area contributed by atoms with Crippen molar-refractivity contribution in [2.45, 2.75) is 58.1 Å². The van der Waals surface area contributed by atoms with Crippen molar-refractivity contribution in [3.8, 4) is 5.75 Å². The van der Waals surface area contributed by atoms with Gasteiger partial charge in [-0.15, -0.1) is 6.58 Å². The van der Waals surface area contributed by atoms with Crippen molar-refractivity contribution in [3.05, 3.63) is 84.1 Å². The summed E-state index contributed by atoms with van der Waals surface area (Å²) in [5, 5.41) is 0.971. The topological polar surface area (TPSA) is 51.7 Å². The highest BCUT2D eigenvalue weighted by molar-refractivity contribution is 5.85. The molecule has 3 aliphatic rings. The lowest BCUT2D eigenvalue weighted by Crippen LogP contribution is -2.55. The summed E-state index contributed by atoms with van der Waals surface area (Å²) in [5.74, 6) is 1.88. The second kappa shape index (κ2) is 11.3. The van der Waals surface area contributed by atoms with Gasteiger partial charge in [-0.05, 0) is 85.9 Å². The number of hydrogen-bond acceptors (Lipinski definition) is 5. The van der Waals surface area contributed by atoms with E-state index in [-0.39, 0.29) is 17.9 Å². The lowest BCUT2D eigenvalue weighted by atomic mass is 9.73. The molecule has 3 saturated heterocycles. The molecule has 0 N–H and O–H groups in total. The molecule has 3 fully saturated rings. The van der Waals surface area contributed by atoms with E-state index in [0.29, 0.717) is 17.8 Å². The molecule has 3 aliphatic heterocycles. The van der Waals surface area contributed by atoms with E-state index >= 15 is 0 Å². The highest BCUT2D eigenvalue weighted by atomic mass is 16.5. The van der Waals surface area contributed by atoms with Gasteiger partial charge in [0.05, 0.1) is 24.6 Å². The number of piperidine rings is 3. The van der Waals surface area contributed by atoms with Crippen molar-refractivity contribution in [2.24, 2.45) is 17.8 Å². The number of ether oxygens (including phenoxy) is 2. The van der Waals surface area contributed by atoms with Gasteiger partial charge in [-0.1, -0.05) is 44.2 Å². The Labute approximate surface area is 226 Å². The van der Waals surface area contributed by atoms with Crippen molar-refractivity contribution in [1.29, 1.82) is 0 Å². The minimum absolute atomic E-state index is 0.117. The maximum absolute atomic E-state index is 13.7. The van der Waals surface area contributed by atoms with Gasteiger partial charge in [0.2, 0.25) is 0 Å². The summed E-state index contributed by atoms with van der Waals surface area (Å²) in [5.41, 5.74) is 4.15. The minimum Gasteiger partial charge on any atom is -0.497 e. The third-order valence-corrected chi connectivity index (χ3v) is 8.51. The number of fused-ring (bicyclic) bond motifs is 4. The first kappa shape index (κ1) is 26.4. The Morgan fingerprint density at radius 3 is 2.61 bits per heavy atom. The van der Waals surface area contributed by atoms with Gasteiger partial charge in [-0.2, -0.15) is 0 Å². The maximum atomic E-state index is 13.7. The molecule has 6 atom stereocenters. The molecular formula is C33H40N2O3. The van der Waals surface area contributed by atoms with Crippen LogP contribution in [0, 0.1) is 17.8 Å². The van der Waals surface area contributed by atoms with Crippen LogP contribution in [0.5, 0.6) is 5.75 Å². The third kappa shape index (κ3) is 5.35. The number of esters is 1. The van der Waals surface area contributed by atoms with E-state index in [1.54, 1.807) is 7.11 Å². The van der Waals surface area contributed by atoms with Crippen LogP contribution < -0.4 is 4.74 Å². The molecule has 3 aromatic rings. The highest BCUT2D eigenvalue weighted by Gasteiger charge is 2.44. The van der Waals surface area contributed by atoms with Gasteiger partial charge < -0.3 is 9.47 Å². The summed E-state index contributed by atoms with van der Waals surface area (Å²) in [6.07, 6.45) is 6.72. The molecule has 2 bridgehead atoms. The number of carbonyl (C=O) groups is 1. The van der Waals surface area contributed by atoms with Crippen LogP contribution in [0.4, 0.5) is 0 Å². The fraction of sp³-hybridized carbons (Fsp3) is 0.455. The van der Waals surface area contributed by atoms with Crippen LogP contribution in [0.3, 0.4) is 0 Å². The summed E-state index contributed by atoms with van der Waals surface area (Å²) in [6.45, 7) is 12.5. The standard InChI is InChI=1S/C33H40N2O3/c1-6-24-20-35-16-14-26(24)18-31(35)32(28-13-15-34-30-12-11-27(37-5)19-29(28)30)38-33(36)22(4)25-9-7-23(8-10-25)17-21(2)3/h6-13,15,19,21-22,24,26,31-32H,1,14,16-18,20H2,2-5H3/t22-,24+,26+,31+,32-/m1/s1. The fourth-order valence-electron chi connectivity index (χ4n) is 6.34. The average molecular weight is 513 g/mol. The molecular weight excluding hydrogens is 472 g/mol. The Kier molecular flexibility index (Phi) is 7.85. The van der Waals surface area contributed by atoms with Gasteiger partial charge in [0.15, 0.2) is 0 Å². The fourth-order valence-corrected chi connectivity index (χ4v) is 6.34. The lowest BCUT2D eigenvalue weighted by molar-refractivity contribution is -0.158. The van der Waals surface area contributed by atoms with E-state index in [4.69, 9.17) is 9.47 Å². The van der Waals surface area contributed by atoms with Gasteiger partial charge >= 0.3 is 5.97 Å². The van der Waals surface area contributed by atoms with Crippen molar-refractivity contribution >= 4 is 16.9 Å². The molecule has 0 radical (unpaired) electrons. The van der Waals surface area contributed by atoms with Crippen molar-refractivity contribution in [1.82, 2.24) is 9.88 Å². The van der Waals surface area contributed by atoms with Crippen LogP contribution >= 0.6 is 0 Å². The molecule has 6 rings (SSSR count). The Hall–Kier alpha value is -3.18. The van der Waals surface area contributed by atoms with E-state index in [9.17, 15) is 4.79 Å². The summed E-state index contributed by atoms with van der Waals surface area (Å²) < 4.78 is 12.0. The summed E-state index contributed by atoms with van der Waals surface area (Å²) in [7, 11) is 1.67. The van der Waals surface area contributed by atoms with Gasteiger partial charge in [0.1, 0.15) is 11.9 Å². The molecule has 0 amide bonds. The van der Waals surface area contributed by atoms with Crippen molar-refractivity contribution < 1.29 is 14.3 Å². The first-order valence-corrected chi connectivity index (χ1v) is 14.0. The smallest absolute Gasteiger partial charge is 0.313 e. The Bertz CT molecular complexity index is 1290. The van der Waals surface area contributed by atoms with Crippen LogP contribution in [-0.2, 0) is 16.0 Å². The molecule has 5 heteroatoms. The number of methoxy groups -OCH3 is 1. The number of rotatable bonds is 9. The quantitative estimate of drug-likeness (QED) is 0.235. The predicted octanol–water partition coefficient (Wildman–Crippen LogP) is 6.73. The van der Waals surface area contributed by atoms with E-state index in [1.165, 1.54) is 5.56 Å². The normalized spacial score (nSPS) is 24.2. The number of benzene rings is 2. The van der Waals surface area contributed by atoms with E-state index < -0.39 is 6.10 Å². The largest absolute Gasteiger partial charge is 0.497 e. The van der Waals surface area contributed by atoms with E-state index in [1.807, 2.05) is 37.4 Å². The van der Waals surface area contributed by atoms with E-state index in [0.717, 1.165) is 60.1 Å². The summed E-state index contributed by atoms with van der Waals surface area (Å²) >= 11 is 0. The first-order chi connectivity index (χ1) is 18.4. The number of carbonyl (C=O) groups excluding carboxylic acids is 1. The summed E-state index contributed by atoms with van der Waals surface area (Å²) in [4.78, 5) is 20.8. The maximum Gasteiger partial charge on any atom is 0.313 e. The molecule has 0 aliphatic carbocycles.